The average Bonchev–Trinajstić information content (AvgIpc) is 2.40. The third-order valence-corrected chi connectivity index (χ3v) is 3.20. The molecule has 1 amide bonds. The maximum Gasteiger partial charge on any atom is 0.410 e. The van der Waals surface area contributed by atoms with E-state index >= 15 is 0 Å². The molecule has 1 aliphatic heterocycles. The first-order valence-electron chi connectivity index (χ1n) is 7.19. The van der Waals surface area contributed by atoms with Crippen LogP contribution in [0.3, 0.4) is 0 Å². The Balaban J connectivity index is 1.83. The van der Waals surface area contributed by atoms with Crippen molar-refractivity contribution in [2.24, 2.45) is 0 Å². The maximum atomic E-state index is 12.0. The smallest absolute Gasteiger partial charge is 0.410 e. The van der Waals surface area contributed by atoms with Gasteiger partial charge >= 0.3 is 6.09 Å². The summed E-state index contributed by atoms with van der Waals surface area (Å²) < 4.78 is 11.2. The van der Waals surface area contributed by atoms with Crippen LogP contribution in [0.25, 0.3) is 0 Å². The van der Waals surface area contributed by atoms with Crippen molar-refractivity contribution in [1.82, 2.24) is 9.88 Å². The van der Waals surface area contributed by atoms with Gasteiger partial charge in [-0.2, -0.15) is 0 Å². The number of nitrogen functional groups attached to an aromatic ring is 1. The molecule has 0 aliphatic carbocycles. The van der Waals surface area contributed by atoms with Crippen molar-refractivity contribution < 1.29 is 14.3 Å². The Hall–Kier alpha value is -1.98. The van der Waals surface area contributed by atoms with Gasteiger partial charge in [0.25, 0.3) is 0 Å². The topological polar surface area (TPSA) is 77.7 Å². The highest BCUT2D eigenvalue weighted by atomic mass is 16.6. The molecule has 0 aromatic carbocycles. The molecule has 0 bridgehead atoms. The molecule has 0 radical (unpaired) electrons. The van der Waals surface area contributed by atoms with E-state index in [1.807, 2.05) is 20.8 Å². The minimum atomic E-state index is -0.464. The van der Waals surface area contributed by atoms with Crippen LogP contribution in [0, 0.1) is 0 Å². The molecule has 0 unspecified atom stereocenters. The zero-order valence-electron chi connectivity index (χ0n) is 12.8. The molecular formula is C15H23N3O3. The summed E-state index contributed by atoms with van der Waals surface area (Å²) in [5.41, 5.74) is 5.95. The minimum absolute atomic E-state index is 0.0511. The van der Waals surface area contributed by atoms with Gasteiger partial charge in [-0.05, 0) is 26.8 Å². The number of nitrogens with two attached hydrogens (primary N) is 1. The van der Waals surface area contributed by atoms with Crippen LogP contribution in [0.5, 0.6) is 5.75 Å². The summed E-state index contributed by atoms with van der Waals surface area (Å²) in [5.74, 6) is 0.605. The van der Waals surface area contributed by atoms with E-state index in [4.69, 9.17) is 15.2 Å². The molecule has 21 heavy (non-hydrogen) atoms. The van der Waals surface area contributed by atoms with E-state index in [-0.39, 0.29) is 12.2 Å². The van der Waals surface area contributed by atoms with Crippen LogP contribution in [0.1, 0.15) is 33.6 Å². The minimum Gasteiger partial charge on any atom is -0.487 e. The number of ether oxygens (including phenoxy) is 2. The number of carbonyl (C=O) groups is 1. The number of amides is 1. The van der Waals surface area contributed by atoms with E-state index in [1.54, 1.807) is 23.4 Å². The van der Waals surface area contributed by atoms with Crippen molar-refractivity contribution in [3.63, 3.8) is 0 Å². The number of pyridine rings is 1. The SMILES string of the molecule is CC(C)(C)OC(=O)N1CCC(Oc2cnccc2N)CC1. The molecule has 1 aromatic rings. The normalized spacial score (nSPS) is 16.6. The standard InChI is InChI=1S/C15H23N3O3/c1-15(2,3)21-14(19)18-8-5-11(6-9-18)20-13-10-17-7-4-12(13)16/h4,7,10-11H,5-6,8-9H2,1-3H3,(H2,16,17). The van der Waals surface area contributed by atoms with Crippen molar-refractivity contribution in [1.29, 1.82) is 0 Å². The first-order valence-corrected chi connectivity index (χ1v) is 7.19. The fraction of sp³-hybridized carbons (Fsp3) is 0.600. The molecule has 6 heteroatoms. The van der Waals surface area contributed by atoms with Gasteiger partial charge in [0.2, 0.25) is 0 Å². The third-order valence-electron chi connectivity index (χ3n) is 3.20. The van der Waals surface area contributed by atoms with Gasteiger partial charge in [0, 0.05) is 32.1 Å². The fourth-order valence-electron chi connectivity index (χ4n) is 2.15. The Morgan fingerprint density at radius 2 is 2.05 bits per heavy atom. The number of carbonyl (C=O) groups excluding carboxylic acids is 1. The summed E-state index contributed by atoms with van der Waals surface area (Å²) in [6, 6.07) is 1.71. The highest BCUT2D eigenvalue weighted by molar-refractivity contribution is 5.68. The maximum absolute atomic E-state index is 12.0. The lowest BCUT2D eigenvalue weighted by molar-refractivity contribution is 0.0127. The van der Waals surface area contributed by atoms with E-state index < -0.39 is 5.60 Å². The van der Waals surface area contributed by atoms with Gasteiger partial charge in [0.05, 0.1) is 11.9 Å². The van der Waals surface area contributed by atoms with Gasteiger partial charge in [0.15, 0.2) is 5.75 Å². The quantitative estimate of drug-likeness (QED) is 0.906. The second-order valence-electron chi connectivity index (χ2n) is 6.20. The van der Waals surface area contributed by atoms with Crippen LogP contribution in [0.4, 0.5) is 10.5 Å². The number of aromatic nitrogens is 1. The first kappa shape index (κ1) is 15.4. The zero-order valence-corrected chi connectivity index (χ0v) is 12.8. The summed E-state index contributed by atoms with van der Waals surface area (Å²) in [4.78, 5) is 17.7. The van der Waals surface area contributed by atoms with Crippen molar-refractivity contribution in [3.8, 4) is 5.75 Å². The van der Waals surface area contributed by atoms with Crippen LogP contribution in [-0.2, 0) is 4.74 Å². The van der Waals surface area contributed by atoms with E-state index in [0.717, 1.165) is 12.8 Å². The molecule has 2 N–H and O–H groups in total. The largest absolute Gasteiger partial charge is 0.487 e. The molecule has 2 heterocycles. The summed E-state index contributed by atoms with van der Waals surface area (Å²) in [6.07, 6.45) is 4.56. The number of likely N-dealkylation sites (tertiary alicyclic amines) is 1. The molecule has 0 spiro atoms. The number of piperidine rings is 1. The van der Waals surface area contributed by atoms with Crippen molar-refractivity contribution in [3.05, 3.63) is 18.5 Å². The van der Waals surface area contributed by atoms with Crippen LogP contribution < -0.4 is 10.5 Å². The number of anilines is 1. The van der Waals surface area contributed by atoms with Crippen molar-refractivity contribution >= 4 is 11.8 Å². The fourth-order valence-corrected chi connectivity index (χ4v) is 2.15. The van der Waals surface area contributed by atoms with Crippen LogP contribution in [0.15, 0.2) is 18.5 Å². The summed E-state index contributed by atoms with van der Waals surface area (Å²) >= 11 is 0. The van der Waals surface area contributed by atoms with Gasteiger partial charge in [-0.25, -0.2) is 4.79 Å². The monoisotopic (exact) mass is 293 g/mol. The Morgan fingerprint density at radius 3 is 2.62 bits per heavy atom. The lowest BCUT2D eigenvalue weighted by Gasteiger charge is -2.33. The molecule has 0 saturated carbocycles. The van der Waals surface area contributed by atoms with Gasteiger partial charge in [-0.1, -0.05) is 0 Å². The van der Waals surface area contributed by atoms with E-state index in [9.17, 15) is 4.79 Å². The second-order valence-corrected chi connectivity index (χ2v) is 6.20. The Bertz CT molecular complexity index is 491. The lowest BCUT2D eigenvalue weighted by atomic mass is 10.1. The number of rotatable bonds is 2. The van der Waals surface area contributed by atoms with Crippen LogP contribution in [0.2, 0.25) is 0 Å². The highest BCUT2D eigenvalue weighted by Crippen LogP contribution is 2.24. The summed E-state index contributed by atoms with van der Waals surface area (Å²) in [7, 11) is 0. The zero-order chi connectivity index (χ0) is 15.5. The predicted molar refractivity (Wildman–Crippen MR) is 80.1 cm³/mol. The molecule has 0 atom stereocenters. The van der Waals surface area contributed by atoms with Crippen LogP contribution in [-0.4, -0.2) is 40.8 Å². The average molecular weight is 293 g/mol. The first-order chi connectivity index (χ1) is 9.85. The molecule has 1 fully saturated rings. The third kappa shape index (κ3) is 4.51. The highest BCUT2D eigenvalue weighted by Gasteiger charge is 2.27. The molecule has 2 rings (SSSR count). The molecule has 1 aliphatic rings. The summed E-state index contributed by atoms with van der Waals surface area (Å²) in [5, 5.41) is 0. The number of hydrogen-bond acceptors (Lipinski definition) is 5. The van der Waals surface area contributed by atoms with Crippen molar-refractivity contribution in [2.45, 2.75) is 45.3 Å². The van der Waals surface area contributed by atoms with Crippen LogP contribution >= 0.6 is 0 Å². The number of hydrogen-bond donors (Lipinski definition) is 1. The predicted octanol–water partition coefficient (Wildman–Crippen LogP) is 2.44. The molecule has 116 valence electrons. The Morgan fingerprint density at radius 1 is 1.38 bits per heavy atom. The Kier molecular flexibility index (Phi) is 4.55. The molecule has 1 saturated heterocycles. The van der Waals surface area contributed by atoms with Gasteiger partial charge in [-0.15, -0.1) is 0 Å². The lowest BCUT2D eigenvalue weighted by Crippen LogP contribution is -2.44. The molecular weight excluding hydrogens is 270 g/mol. The van der Waals surface area contributed by atoms with Gasteiger partial charge in [0.1, 0.15) is 11.7 Å². The van der Waals surface area contributed by atoms with E-state index in [2.05, 4.69) is 4.98 Å². The van der Waals surface area contributed by atoms with Gasteiger partial charge in [-0.3, -0.25) is 4.98 Å². The van der Waals surface area contributed by atoms with Gasteiger partial charge < -0.3 is 20.1 Å². The molecule has 1 aromatic heterocycles. The van der Waals surface area contributed by atoms with E-state index in [1.165, 1.54) is 0 Å². The second kappa shape index (κ2) is 6.20. The summed E-state index contributed by atoms with van der Waals surface area (Å²) in [6.45, 7) is 6.85. The Labute approximate surface area is 125 Å². The number of nitrogens with zero attached hydrogens (tertiary/aromatic N) is 2. The van der Waals surface area contributed by atoms with E-state index in [0.29, 0.717) is 24.5 Å². The van der Waals surface area contributed by atoms with Crippen molar-refractivity contribution in [2.75, 3.05) is 18.8 Å². The molecule has 6 nitrogen and oxygen atoms in total.